The number of carbonyl (C=O) groups is 3. The Morgan fingerprint density at radius 2 is 2.23 bits per heavy atom. The summed E-state index contributed by atoms with van der Waals surface area (Å²) in [5, 5.41) is 21.9. The Hall–Kier alpha value is -2.46. The second-order valence-electron chi connectivity index (χ2n) is 4.86. The van der Waals surface area contributed by atoms with E-state index in [4.69, 9.17) is 0 Å². The predicted molar refractivity (Wildman–Crippen MR) is 80.7 cm³/mol. The molecule has 0 spiro atoms. The Kier molecular flexibility index (Phi) is 4.15. The first kappa shape index (κ1) is 15.9. The lowest BCUT2D eigenvalue weighted by Gasteiger charge is -2.29. The van der Waals surface area contributed by atoms with Gasteiger partial charge in [-0.15, -0.1) is 0 Å². The molecule has 0 fully saturated rings. The summed E-state index contributed by atoms with van der Waals surface area (Å²) >= 11 is 3.25. The number of nitrogens with zero attached hydrogens (tertiary/aromatic N) is 1. The van der Waals surface area contributed by atoms with Crippen LogP contribution in [0.5, 0.6) is 0 Å². The highest BCUT2D eigenvalue weighted by atomic mass is 79.9. The van der Waals surface area contributed by atoms with Crippen LogP contribution in [0.1, 0.15) is 18.1 Å². The third-order valence-electron chi connectivity index (χ3n) is 3.49. The van der Waals surface area contributed by atoms with Crippen molar-refractivity contribution < 1.29 is 19.5 Å². The minimum Gasteiger partial charge on any atom is -0.506 e. The van der Waals surface area contributed by atoms with Crippen LogP contribution in [0, 0.1) is 11.3 Å². The van der Waals surface area contributed by atoms with Gasteiger partial charge < -0.3 is 15.2 Å². The molecule has 1 amide bonds. The molecule has 0 heterocycles. The number of benzene rings is 1. The molecule has 1 aliphatic rings. The molecule has 1 aliphatic carbocycles. The van der Waals surface area contributed by atoms with Crippen molar-refractivity contribution in [3.05, 3.63) is 39.4 Å². The van der Waals surface area contributed by atoms with E-state index in [-0.39, 0.29) is 12.1 Å². The summed E-state index contributed by atoms with van der Waals surface area (Å²) < 4.78 is 0.641. The van der Waals surface area contributed by atoms with Gasteiger partial charge in [0.1, 0.15) is 23.0 Å². The van der Waals surface area contributed by atoms with E-state index in [0.29, 0.717) is 16.3 Å². The number of rotatable bonds is 3. The Bertz CT molecular complexity index is 763. The second kappa shape index (κ2) is 5.73. The van der Waals surface area contributed by atoms with Crippen LogP contribution in [0.3, 0.4) is 0 Å². The van der Waals surface area contributed by atoms with Crippen LogP contribution in [0.2, 0.25) is 0 Å². The van der Waals surface area contributed by atoms with Crippen LogP contribution in [-0.2, 0) is 19.8 Å². The van der Waals surface area contributed by atoms with Crippen LogP contribution in [0.15, 0.2) is 28.2 Å². The van der Waals surface area contributed by atoms with Gasteiger partial charge in [0, 0.05) is 10.0 Å². The quantitative estimate of drug-likeness (QED) is 0.624. The minimum atomic E-state index is -1.60. The third-order valence-corrected chi connectivity index (χ3v) is 3.98. The summed E-state index contributed by atoms with van der Waals surface area (Å²) in [5.41, 5.74) is -1.55. The average molecular weight is 363 g/mol. The average Bonchev–Trinajstić information content (AvgIpc) is 2.50. The van der Waals surface area contributed by atoms with Crippen LogP contribution in [-0.4, -0.2) is 29.6 Å². The Morgan fingerprint density at radius 1 is 1.55 bits per heavy atom. The van der Waals surface area contributed by atoms with Gasteiger partial charge in [0.15, 0.2) is 5.78 Å². The molecule has 1 aromatic carbocycles. The van der Waals surface area contributed by atoms with Gasteiger partial charge >= 0.3 is 0 Å². The molecule has 0 aliphatic heterocycles. The Balaban J connectivity index is 2.70. The van der Waals surface area contributed by atoms with Gasteiger partial charge in [-0.2, -0.15) is 5.26 Å². The number of amides is 1. The molecular formula is C15H11BrN2O4. The maximum atomic E-state index is 12.6. The minimum absolute atomic E-state index is 0.239. The molecule has 6 nitrogen and oxygen atoms in total. The first-order valence-corrected chi connectivity index (χ1v) is 7.07. The zero-order valence-electron chi connectivity index (χ0n) is 11.5. The van der Waals surface area contributed by atoms with E-state index >= 15 is 0 Å². The number of aldehydes is 1. The number of halogens is 1. The maximum absolute atomic E-state index is 12.6. The van der Waals surface area contributed by atoms with Crippen molar-refractivity contribution in [2.24, 2.45) is 0 Å². The van der Waals surface area contributed by atoms with Gasteiger partial charge in [-0.05, 0) is 30.7 Å². The smallest absolute Gasteiger partial charge is 0.259 e. The molecule has 1 atom stereocenters. The maximum Gasteiger partial charge on any atom is 0.259 e. The Labute approximate surface area is 134 Å². The van der Waals surface area contributed by atoms with Gasteiger partial charge in [-0.3, -0.25) is 9.59 Å². The molecular weight excluding hydrogens is 352 g/mol. The highest BCUT2D eigenvalue weighted by Crippen LogP contribution is 2.40. The number of hydrogen-bond donors (Lipinski definition) is 2. The van der Waals surface area contributed by atoms with Crippen molar-refractivity contribution >= 4 is 39.7 Å². The van der Waals surface area contributed by atoms with Crippen LogP contribution in [0.4, 0.5) is 0 Å². The summed E-state index contributed by atoms with van der Waals surface area (Å²) in [6.07, 6.45) is 0.456. The van der Waals surface area contributed by atoms with Gasteiger partial charge in [-0.25, -0.2) is 0 Å². The number of fused-ring (bicyclic) bond motifs is 1. The topological polar surface area (TPSA) is 107 Å². The monoisotopic (exact) mass is 362 g/mol. The fraction of sp³-hybridized carbons (Fsp3) is 0.200. The van der Waals surface area contributed by atoms with E-state index in [1.54, 1.807) is 12.1 Å². The van der Waals surface area contributed by atoms with E-state index in [0.717, 1.165) is 0 Å². The van der Waals surface area contributed by atoms with Crippen LogP contribution in [0.25, 0.3) is 5.76 Å². The number of aliphatic hydroxyl groups excluding tert-OH is 1. The van der Waals surface area contributed by atoms with Crippen molar-refractivity contribution in [2.75, 3.05) is 6.54 Å². The third kappa shape index (κ3) is 2.31. The molecule has 0 saturated heterocycles. The summed E-state index contributed by atoms with van der Waals surface area (Å²) in [6.45, 7) is 1.10. The first-order valence-electron chi connectivity index (χ1n) is 6.28. The fourth-order valence-corrected chi connectivity index (χ4v) is 2.66. The number of carbonyl (C=O) groups excluding carboxylic acids is 3. The largest absolute Gasteiger partial charge is 0.506 e. The molecule has 1 aromatic rings. The molecule has 7 heteroatoms. The molecule has 2 N–H and O–H groups in total. The van der Waals surface area contributed by atoms with Crippen molar-refractivity contribution in [1.82, 2.24) is 5.32 Å². The molecule has 0 radical (unpaired) electrons. The van der Waals surface area contributed by atoms with Gasteiger partial charge in [0.25, 0.3) is 5.91 Å². The number of nitriles is 1. The van der Waals surface area contributed by atoms with Crippen LogP contribution < -0.4 is 5.32 Å². The highest BCUT2D eigenvalue weighted by Gasteiger charge is 2.46. The molecule has 112 valence electrons. The van der Waals surface area contributed by atoms with E-state index in [2.05, 4.69) is 21.2 Å². The SMILES string of the molecule is C[C@@]1(C#N)C(=O)C(C(=O)NCC=O)=C(O)c2ccc(Br)cc21. The number of hydrogen-bond acceptors (Lipinski definition) is 5. The van der Waals surface area contributed by atoms with Crippen molar-refractivity contribution in [1.29, 1.82) is 5.26 Å². The molecule has 0 bridgehead atoms. The predicted octanol–water partition coefficient (Wildman–Crippen LogP) is 1.40. The van der Waals surface area contributed by atoms with Crippen molar-refractivity contribution in [2.45, 2.75) is 12.3 Å². The normalized spacial score (nSPS) is 20.1. The molecule has 0 unspecified atom stereocenters. The number of ketones is 1. The zero-order valence-corrected chi connectivity index (χ0v) is 13.1. The van der Waals surface area contributed by atoms with Gasteiger partial charge in [0.05, 0.1) is 12.6 Å². The van der Waals surface area contributed by atoms with Crippen molar-refractivity contribution in [3.63, 3.8) is 0 Å². The van der Waals surface area contributed by atoms with Gasteiger partial charge in [-0.1, -0.05) is 15.9 Å². The fourth-order valence-electron chi connectivity index (χ4n) is 2.30. The molecule has 2 rings (SSSR count). The molecule has 0 saturated carbocycles. The van der Waals surface area contributed by atoms with E-state index in [1.807, 2.05) is 6.07 Å². The lowest BCUT2D eigenvalue weighted by atomic mass is 9.70. The summed E-state index contributed by atoms with van der Waals surface area (Å²) in [6, 6.07) is 6.62. The van der Waals surface area contributed by atoms with Crippen LogP contribution >= 0.6 is 15.9 Å². The zero-order chi connectivity index (χ0) is 16.5. The lowest BCUT2D eigenvalue weighted by molar-refractivity contribution is -0.125. The number of aliphatic hydroxyl groups is 1. The summed E-state index contributed by atoms with van der Waals surface area (Å²) in [7, 11) is 0. The highest BCUT2D eigenvalue weighted by molar-refractivity contribution is 9.10. The summed E-state index contributed by atoms with van der Waals surface area (Å²) in [4.78, 5) is 34.9. The molecule has 22 heavy (non-hydrogen) atoms. The standard InChI is InChI=1S/C15H11BrN2O4/c1-15(7-17)10-6-8(16)2-3-9(10)12(20)11(13(15)21)14(22)18-4-5-19/h2-3,5-6,20H,4H2,1H3,(H,18,22)/t15-/m0/s1. The van der Waals surface area contributed by atoms with E-state index in [1.165, 1.54) is 13.0 Å². The summed E-state index contributed by atoms with van der Waals surface area (Å²) in [5.74, 6) is -2.19. The number of Topliss-reactive ketones (excluding diaryl/α,β-unsaturated/α-hetero) is 1. The Morgan fingerprint density at radius 3 is 2.82 bits per heavy atom. The first-order chi connectivity index (χ1) is 10.4. The van der Waals surface area contributed by atoms with Crippen molar-refractivity contribution in [3.8, 4) is 6.07 Å². The molecule has 0 aromatic heterocycles. The van der Waals surface area contributed by atoms with E-state index in [9.17, 15) is 24.8 Å². The second-order valence-corrected chi connectivity index (χ2v) is 5.77. The lowest BCUT2D eigenvalue weighted by Crippen LogP contribution is -2.42. The number of nitrogens with one attached hydrogen (secondary N) is 1. The van der Waals surface area contributed by atoms with E-state index < -0.39 is 28.4 Å². The van der Waals surface area contributed by atoms with Gasteiger partial charge in [0.2, 0.25) is 0 Å².